The molecule has 3 aromatic rings. The Hall–Kier alpha value is -1.88. The van der Waals surface area contributed by atoms with Gasteiger partial charge in [0.2, 0.25) is 0 Å². The molecule has 0 spiro atoms. The predicted molar refractivity (Wildman–Crippen MR) is 134 cm³/mol. The fraction of sp³-hybridized carbons (Fsp3) is 0.318. The molecule has 1 heterocycles. The quantitative estimate of drug-likeness (QED) is 0.166. The second-order valence-electron chi connectivity index (χ2n) is 6.50. The minimum atomic E-state index is -0.594. The Labute approximate surface area is 198 Å². The summed E-state index contributed by atoms with van der Waals surface area (Å²) in [4.78, 5) is 5.17. The number of nitrogens with one attached hydrogen (secondary N) is 2. The average Bonchev–Trinajstić information content (AvgIpc) is 3.19. The first-order chi connectivity index (χ1) is 14.2. The first kappa shape index (κ1) is 24.4. The molecule has 0 aliphatic rings. The molecule has 8 heteroatoms. The van der Waals surface area contributed by atoms with Crippen molar-refractivity contribution >= 4 is 51.4 Å². The van der Waals surface area contributed by atoms with E-state index in [1.807, 2.05) is 42.5 Å². The molecule has 0 radical (unpaired) electrons. The molecule has 6 nitrogen and oxygen atoms in total. The maximum absolute atomic E-state index is 10.5. The van der Waals surface area contributed by atoms with Gasteiger partial charge in [0.05, 0.1) is 6.61 Å². The predicted octanol–water partition coefficient (Wildman–Crippen LogP) is 3.94. The van der Waals surface area contributed by atoms with Crippen LogP contribution in [0, 0.1) is 0 Å². The maximum Gasteiger partial charge on any atom is 0.191 e. The summed E-state index contributed by atoms with van der Waals surface area (Å²) in [6.45, 7) is 2.06. The van der Waals surface area contributed by atoms with E-state index >= 15 is 0 Å². The van der Waals surface area contributed by atoms with Crippen LogP contribution in [0.2, 0.25) is 0 Å². The van der Waals surface area contributed by atoms with Gasteiger partial charge in [0.25, 0.3) is 0 Å². The first-order valence-corrected chi connectivity index (χ1v) is 10.3. The van der Waals surface area contributed by atoms with Crippen LogP contribution in [0.1, 0.15) is 16.5 Å². The van der Waals surface area contributed by atoms with Gasteiger partial charge in [-0.15, -0.1) is 35.3 Å². The normalized spacial score (nSPS) is 12.3. The Morgan fingerprint density at radius 2 is 1.93 bits per heavy atom. The second kappa shape index (κ2) is 12.7. The molecule has 1 unspecified atom stereocenters. The van der Waals surface area contributed by atoms with Crippen LogP contribution in [0.5, 0.6) is 5.75 Å². The summed E-state index contributed by atoms with van der Waals surface area (Å²) in [6, 6.07) is 18.1. The summed E-state index contributed by atoms with van der Waals surface area (Å²) in [5.41, 5.74) is 1.08. The van der Waals surface area contributed by atoms with Crippen LogP contribution in [0.4, 0.5) is 0 Å². The van der Waals surface area contributed by atoms with Gasteiger partial charge in [-0.2, -0.15) is 0 Å². The molecule has 162 valence electrons. The Kier molecular flexibility index (Phi) is 10.4. The van der Waals surface area contributed by atoms with Gasteiger partial charge in [-0.05, 0) is 35.2 Å². The van der Waals surface area contributed by atoms with E-state index < -0.39 is 6.10 Å². The highest BCUT2D eigenvalue weighted by atomic mass is 127. The fourth-order valence-corrected chi connectivity index (χ4v) is 3.91. The van der Waals surface area contributed by atoms with E-state index in [2.05, 4.69) is 27.8 Å². The molecular formula is C22H28IN3O3S. The van der Waals surface area contributed by atoms with Gasteiger partial charge >= 0.3 is 0 Å². The molecule has 1 atom stereocenters. The number of hydrogen-bond acceptors (Lipinski definition) is 5. The maximum atomic E-state index is 10.5. The van der Waals surface area contributed by atoms with Crippen LogP contribution < -0.4 is 15.4 Å². The smallest absolute Gasteiger partial charge is 0.191 e. The lowest BCUT2D eigenvalue weighted by molar-refractivity contribution is 0.146. The van der Waals surface area contributed by atoms with Crippen molar-refractivity contribution in [1.29, 1.82) is 0 Å². The highest BCUT2D eigenvalue weighted by molar-refractivity contribution is 14.0. The van der Waals surface area contributed by atoms with Crippen molar-refractivity contribution in [1.82, 2.24) is 10.6 Å². The number of fused-ring (bicyclic) bond motifs is 1. The topological polar surface area (TPSA) is 75.1 Å². The molecule has 0 fully saturated rings. The van der Waals surface area contributed by atoms with Gasteiger partial charge in [0.1, 0.15) is 18.5 Å². The minimum Gasteiger partial charge on any atom is -0.491 e. The monoisotopic (exact) mass is 541 g/mol. The number of halogens is 1. The van der Waals surface area contributed by atoms with Crippen LogP contribution in [0.25, 0.3) is 10.1 Å². The van der Waals surface area contributed by atoms with Crippen LogP contribution in [0.15, 0.2) is 59.6 Å². The third-order valence-electron chi connectivity index (χ3n) is 4.37. The molecular weight excluding hydrogens is 513 g/mol. The molecule has 30 heavy (non-hydrogen) atoms. The molecule has 0 aliphatic heterocycles. The zero-order valence-electron chi connectivity index (χ0n) is 17.1. The van der Waals surface area contributed by atoms with Gasteiger partial charge < -0.3 is 25.2 Å². The van der Waals surface area contributed by atoms with Gasteiger partial charge in [-0.25, -0.2) is 0 Å². The molecule has 3 rings (SSSR count). The van der Waals surface area contributed by atoms with Crippen LogP contribution in [-0.4, -0.2) is 45.0 Å². The lowest BCUT2D eigenvalue weighted by Crippen LogP contribution is -2.38. The standard InChI is InChI=1S/C22H27N3O3S.HI/c1-23-22(24-14-16-6-5-8-18(12-16)28-11-10-27-2)25-15-19(26)21-13-17-7-3-4-9-20(17)29-21;/h3-9,12-13,19,26H,10-11,14-15H2,1-2H3,(H2,23,24,25);1H. The van der Waals surface area contributed by atoms with E-state index in [-0.39, 0.29) is 24.0 Å². The van der Waals surface area contributed by atoms with Crippen molar-refractivity contribution in [2.75, 3.05) is 33.9 Å². The summed E-state index contributed by atoms with van der Waals surface area (Å²) in [5.74, 6) is 1.44. The van der Waals surface area contributed by atoms with Crippen molar-refractivity contribution in [3.8, 4) is 5.75 Å². The van der Waals surface area contributed by atoms with Crippen molar-refractivity contribution in [2.24, 2.45) is 4.99 Å². The number of thiophene rings is 1. The number of rotatable bonds is 9. The number of aliphatic imine (C=N–C) groups is 1. The SMILES string of the molecule is CN=C(NCc1cccc(OCCOC)c1)NCC(O)c1cc2ccccc2s1.I. The largest absolute Gasteiger partial charge is 0.491 e. The van der Waals surface area contributed by atoms with Crippen LogP contribution in [0.3, 0.4) is 0 Å². The molecule has 0 amide bonds. The van der Waals surface area contributed by atoms with E-state index in [1.165, 1.54) is 4.70 Å². The first-order valence-electron chi connectivity index (χ1n) is 9.51. The lowest BCUT2D eigenvalue weighted by Gasteiger charge is -2.15. The number of aliphatic hydroxyl groups is 1. The summed E-state index contributed by atoms with van der Waals surface area (Å²) >= 11 is 1.61. The number of methoxy groups -OCH3 is 1. The van der Waals surface area contributed by atoms with E-state index in [0.29, 0.717) is 32.3 Å². The summed E-state index contributed by atoms with van der Waals surface area (Å²) in [5, 5.41) is 18.1. The fourth-order valence-electron chi connectivity index (χ4n) is 2.86. The van der Waals surface area contributed by atoms with Crippen molar-refractivity contribution in [2.45, 2.75) is 12.6 Å². The molecule has 0 aliphatic carbocycles. The van der Waals surface area contributed by atoms with E-state index in [1.54, 1.807) is 25.5 Å². The average molecular weight is 541 g/mol. The number of guanidine groups is 1. The van der Waals surface area contributed by atoms with Gasteiger partial charge in [0, 0.05) is 36.8 Å². The highest BCUT2D eigenvalue weighted by Gasteiger charge is 2.12. The molecule has 2 aromatic carbocycles. The van der Waals surface area contributed by atoms with Crippen LogP contribution >= 0.6 is 35.3 Å². The third-order valence-corrected chi connectivity index (χ3v) is 5.59. The third kappa shape index (κ3) is 7.12. The van der Waals surface area contributed by atoms with E-state index in [4.69, 9.17) is 9.47 Å². The number of ether oxygens (including phenoxy) is 2. The zero-order valence-corrected chi connectivity index (χ0v) is 20.3. The van der Waals surface area contributed by atoms with Crippen molar-refractivity contribution in [3.63, 3.8) is 0 Å². The van der Waals surface area contributed by atoms with Gasteiger partial charge in [-0.3, -0.25) is 4.99 Å². The Bertz CT molecular complexity index is 915. The minimum absolute atomic E-state index is 0. The lowest BCUT2D eigenvalue weighted by atomic mass is 10.2. The van der Waals surface area contributed by atoms with Gasteiger partial charge in [-0.1, -0.05) is 30.3 Å². The van der Waals surface area contributed by atoms with Crippen LogP contribution in [-0.2, 0) is 11.3 Å². The Balaban J connectivity index is 0.00000320. The Morgan fingerprint density at radius 1 is 1.10 bits per heavy atom. The van der Waals surface area contributed by atoms with E-state index in [9.17, 15) is 5.11 Å². The number of nitrogens with zero attached hydrogens (tertiary/aromatic N) is 1. The van der Waals surface area contributed by atoms with E-state index in [0.717, 1.165) is 21.6 Å². The molecule has 3 N–H and O–H groups in total. The molecule has 0 saturated carbocycles. The summed E-state index contributed by atoms with van der Waals surface area (Å²) in [7, 11) is 3.37. The molecule has 1 aromatic heterocycles. The van der Waals surface area contributed by atoms with Gasteiger partial charge in [0.15, 0.2) is 5.96 Å². The zero-order chi connectivity index (χ0) is 20.5. The molecule has 0 saturated heterocycles. The van der Waals surface area contributed by atoms with Crippen molar-refractivity contribution in [3.05, 3.63) is 65.0 Å². The number of aliphatic hydroxyl groups excluding tert-OH is 1. The number of benzene rings is 2. The summed E-state index contributed by atoms with van der Waals surface area (Å²) < 4.78 is 11.8. The highest BCUT2D eigenvalue weighted by Crippen LogP contribution is 2.29. The Morgan fingerprint density at radius 3 is 2.70 bits per heavy atom. The van der Waals surface area contributed by atoms with Crippen molar-refractivity contribution < 1.29 is 14.6 Å². The summed E-state index contributed by atoms with van der Waals surface area (Å²) in [6.07, 6.45) is -0.594. The second-order valence-corrected chi connectivity index (χ2v) is 7.61. The molecule has 0 bridgehead atoms. The number of hydrogen-bond donors (Lipinski definition) is 3.